The van der Waals surface area contributed by atoms with Crippen molar-refractivity contribution in [2.24, 2.45) is 0 Å². The summed E-state index contributed by atoms with van der Waals surface area (Å²) >= 11 is 0. The zero-order valence-electron chi connectivity index (χ0n) is 32.4. The third-order valence-electron chi connectivity index (χ3n) is 8.52. The van der Waals surface area contributed by atoms with Gasteiger partial charge >= 0.3 is 0 Å². The number of amides is 2. The number of aliphatic hydroxyl groups excluding tert-OH is 4. The van der Waals surface area contributed by atoms with E-state index in [0.29, 0.717) is 39.3 Å². The molecule has 2 amide bonds. The molecule has 2 aromatic carbocycles. The number of aromatic nitrogens is 2. The van der Waals surface area contributed by atoms with E-state index in [1.807, 2.05) is 141 Å². The molecule has 0 atom stereocenters. The van der Waals surface area contributed by atoms with Crippen molar-refractivity contribution in [1.82, 2.24) is 10.6 Å². The number of pyridine rings is 2. The van der Waals surface area contributed by atoms with Gasteiger partial charge in [0.2, 0.25) is 13.1 Å². The van der Waals surface area contributed by atoms with E-state index in [0.717, 1.165) is 45.1 Å². The molecule has 314 valence electrons. The Morgan fingerprint density at radius 2 is 0.793 bits per heavy atom. The van der Waals surface area contributed by atoms with E-state index in [9.17, 15) is 30.0 Å². The number of anilines is 2. The van der Waals surface area contributed by atoms with Crippen LogP contribution in [0.2, 0.25) is 0 Å². The van der Waals surface area contributed by atoms with Crippen molar-refractivity contribution in [3.8, 4) is 0 Å². The minimum absolute atomic E-state index is 0. The third-order valence-corrected chi connectivity index (χ3v) is 10.9. The average Bonchev–Trinajstić information content (AvgIpc) is 3.21. The first kappa shape index (κ1) is 50.0. The summed E-state index contributed by atoms with van der Waals surface area (Å²) in [6.07, 6.45) is 15.6. The van der Waals surface area contributed by atoms with Crippen LogP contribution in [0.5, 0.6) is 0 Å². The standard InChI is InChI=1S/C42H52N6O6S2.2ClH/c49-27-23-47(24-28-50)39-9-5-35(6-10-39)1-3-37-13-19-45(20-14-37)33-41(53)43-17-31-55-56-32-18-44-42(54)34-46-21-15-38(16-22-46)4-2-36-7-11-40(12-8-36)48(25-29-51)26-30-52;;/h1-16,19-22,49-52H,17-18,23-34H2;2*1H. The van der Waals surface area contributed by atoms with E-state index in [1.54, 1.807) is 21.6 Å². The maximum absolute atomic E-state index is 12.4. The predicted octanol–water partition coefficient (Wildman–Crippen LogP) is -3.49. The van der Waals surface area contributed by atoms with Gasteiger partial charge in [0.25, 0.3) is 11.8 Å². The Labute approximate surface area is 361 Å². The summed E-state index contributed by atoms with van der Waals surface area (Å²) in [5, 5.41) is 42.9. The summed E-state index contributed by atoms with van der Waals surface area (Å²) < 4.78 is 3.68. The summed E-state index contributed by atoms with van der Waals surface area (Å²) in [6.45, 7) is 3.58. The number of benzene rings is 2. The molecule has 0 aliphatic rings. The Kier molecular flexibility index (Phi) is 25.1. The van der Waals surface area contributed by atoms with Crippen LogP contribution >= 0.6 is 21.6 Å². The molecule has 0 spiro atoms. The molecular weight excluding hydrogens is 820 g/mol. The van der Waals surface area contributed by atoms with Gasteiger partial charge in [-0.15, -0.1) is 0 Å². The SMILES string of the molecule is O=C(C[n+]1ccc(C=Cc2ccc(N(CCO)CCO)cc2)cc1)NCCSSCCNC(=O)C[n+]1ccc(C=Cc2ccc(N(CCO)CCO)cc2)cc1.[Cl-].[Cl-]. The third kappa shape index (κ3) is 18.6. The topological polar surface area (TPSA) is 153 Å². The lowest BCUT2D eigenvalue weighted by molar-refractivity contribution is -0.684. The van der Waals surface area contributed by atoms with E-state index in [4.69, 9.17) is 0 Å². The number of nitrogens with one attached hydrogen (secondary N) is 2. The molecule has 6 N–H and O–H groups in total. The van der Waals surface area contributed by atoms with Gasteiger partial charge in [0.1, 0.15) is 0 Å². The molecule has 2 aromatic heterocycles. The Morgan fingerprint density at radius 1 is 0.500 bits per heavy atom. The molecule has 0 bridgehead atoms. The van der Waals surface area contributed by atoms with Crippen LogP contribution in [0.4, 0.5) is 11.4 Å². The zero-order chi connectivity index (χ0) is 39.8. The number of carbonyl (C=O) groups excluding carboxylic acids is 2. The Morgan fingerprint density at radius 3 is 1.09 bits per heavy atom. The number of nitrogens with zero attached hydrogens (tertiary/aromatic N) is 4. The van der Waals surface area contributed by atoms with Crippen molar-refractivity contribution < 1.29 is 64.0 Å². The molecule has 12 nitrogen and oxygen atoms in total. The lowest BCUT2D eigenvalue weighted by Crippen LogP contribution is -3.00. The van der Waals surface area contributed by atoms with E-state index in [2.05, 4.69) is 10.6 Å². The predicted molar refractivity (Wildman–Crippen MR) is 228 cm³/mol. The molecule has 0 saturated carbocycles. The van der Waals surface area contributed by atoms with Crippen LogP contribution in [0, 0.1) is 0 Å². The maximum atomic E-state index is 12.4. The summed E-state index contributed by atoms with van der Waals surface area (Å²) in [5.74, 6) is 1.41. The Hall–Kier alpha value is -4.12. The highest BCUT2D eigenvalue weighted by Gasteiger charge is 2.11. The fourth-order valence-electron chi connectivity index (χ4n) is 5.60. The van der Waals surface area contributed by atoms with Crippen LogP contribution in [0.3, 0.4) is 0 Å². The van der Waals surface area contributed by atoms with Crippen molar-refractivity contribution in [1.29, 1.82) is 0 Å². The van der Waals surface area contributed by atoms with Gasteiger partial charge < -0.3 is 65.7 Å². The molecule has 0 aliphatic heterocycles. The lowest BCUT2D eigenvalue weighted by Gasteiger charge is -2.22. The quantitative estimate of drug-likeness (QED) is 0.0225. The highest BCUT2D eigenvalue weighted by Crippen LogP contribution is 2.20. The molecule has 16 heteroatoms. The lowest BCUT2D eigenvalue weighted by atomic mass is 10.1. The van der Waals surface area contributed by atoms with Gasteiger partial charge in [-0.25, -0.2) is 0 Å². The molecule has 0 saturated heterocycles. The average molecular weight is 874 g/mol. The molecule has 0 fully saturated rings. The minimum Gasteiger partial charge on any atom is -1.00 e. The number of hydrogen-bond acceptors (Lipinski definition) is 10. The summed E-state index contributed by atoms with van der Waals surface area (Å²) in [6, 6.07) is 23.7. The van der Waals surface area contributed by atoms with Crippen LogP contribution < -0.4 is 54.4 Å². The largest absolute Gasteiger partial charge is 1.00 e. The van der Waals surface area contributed by atoms with E-state index in [-0.39, 0.29) is 76.1 Å². The number of hydrogen-bond donors (Lipinski definition) is 6. The van der Waals surface area contributed by atoms with Crippen molar-refractivity contribution in [2.75, 3.05) is 87.0 Å². The van der Waals surface area contributed by atoms with Gasteiger partial charge in [-0.1, -0.05) is 70.2 Å². The molecule has 4 aromatic rings. The second kappa shape index (κ2) is 29.1. The monoisotopic (exact) mass is 872 g/mol. The van der Waals surface area contributed by atoms with Crippen LogP contribution in [0.25, 0.3) is 24.3 Å². The molecular formula is C42H54Cl2N6O6S2. The second-order valence-corrected chi connectivity index (χ2v) is 15.4. The molecule has 4 rings (SSSR count). The summed E-state index contributed by atoms with van der Waals surface area (Å²) in [5.41, 5.74) is 5.99. The Bertz CT molecular complexity index is 1660. The molecule has 58 heavy (non-hydrogen) atoms. The number of rotatable bonds is 25. The van der Waals surface area contributed by atoms with E-state index >= 15 is 0 Å². The number of halogens is 2. The fraction of sp³-hybridized carbons (Fsp3) is 0.333. The first-order valence-electron chi connectivity index (χ1n) is 18.7. The maximum Gasteiger partial charge on any atom is 0.286 e. The molecule has 0 radical (unpaired) electrons. The van der Waals surface area contributed by atoms with Crippen molar-refractivity contribution in [2.45, 2.75) is 13.1 Å². The van der Waals surface area contributed by atoms with Crippen molar-refractivity contribution in [3.05, 3.63) is 120 Å². The van der Waals surface area contributed by atoms with Crippen LogP contribution in [-0.4, -0.2) is 109 Å². The summed E-state index contributed by atoms with van der Waals surface area (Å²) in [4.78, 5) is 28.8. The molecule has 2 heterocycles. The van der Waals surface area contributed by atoms with Crippen LogP contribution in [-0.2, 0) is 22.7 Å². The number of aliphatic hydroxyl groups is 4. The first-order valence-corrected chi connectivity index (χ1v) is 21.1. The van der Waals surface area contributed by atoms with Crippen LogP contribution in [0.15, 0.2) is 97.6 Å². The highest BCUT2D eigenvalue weighted by molar-refractivity contribution is 8.76. The van der Waals surface area contributed by atoms with Gasteiger partial charge in [0.15, 0.2) is 24.8 Å². The second-order valence-electron chi connectivity index (χ2n) is 12.7. The highest BCUT2D eigenvalue weighted by atomic mass is 35.5. The van der Waals surface area contributed by atoms with Crippen molar-refractivity contribution >= 4 is 69.1 Å². The molecule has 0 aliphatic carbocycles. The van der Waals surface area contributed by atoms with E-state index in [1.165, 1.54) is 0 Å². The number of carbonyl (C=O) groups is 2. The van der Waals surface area contributed by atoms with Gasteiger partial charge in [-0.2, -0.15) is 9.13 Å². The normalized spacial score (nSPS) is 10.9. The first-order chi connectivity index (χ1) is 27.4. The van der Waals surface area contributed by atoms with Gasteiger partial charge in [0, 0.05) is 86.4 Å². The van der Waals surface area contributed by atoms with E-state index < -0.39 is 0 Å². The van der Waals surface area contributed by atoms with Crippen LogP contribution in [0.1, 0.15) is 22.3 Å². The summed E-state index contributed by atoms with van der Waals surface area (Å²) in [7, 11) is 3.32. The fourth-order valence-corrected chi connectivity index (χ4v) is 7.41. The molecule has 0 unspecified atom stereocenters. The van der Waals surface area contributed by atoms with Gasteiger partial charge in [-0.05, 0) is 46.5 Å². The van der Waals surface area contributed by atoms with Crippen molar-refractivity contribution in [3.63, 3.8) is 0 Å². The van der Waals surface area contributed by atoms with Gasteiger partial charge in [-0.3, -0.25) is 9.59 Å². The Balaban J connectivity index is 0.00000580. The van der Waals surface area contributed by atoms with Gasteiger partial charge in [0.05, 0.1) is 26.4 Å². The smallest absolute Gasteiger partial charge is 0.286 e. The minimum atomic E-state index is -0.0539. The zero-order valence-corrected chi connectivity index (χ0v) is 35.6.